The van der Waals surface area contributed by atoms with Gasteiger partial charge in [0.25, 0.3) is 0 Å². The smallest absolute Gasteiger partial charge is 0.234 e. The average molecular weight is 371 g/mol. The zero-order valence-corrected chi connectivity index (χ0v) is 16.0. The van der Waals surface area contributed by atoms with Crippen LogP contribution < -0.4 is 10.2 Å². The summed E-state index contributed by atoms with van der Waals surface area (Å²) in [6.45, 7) is 8.19. The first kappa shape index (κ1) is 19.6. The predicted octanol–water partition coefficient (Wildman–Crippen LogP) is 0.945. The number of likely N-dealkylation sites (tertiary alicyclic amines) is 1. The summed E-state index contributed by atoms with van der Waals surface area (Å²) >= 11 is 0. The van der Waals surface area contributed by atoms with Gasteiger partial charge < -0.3 is 10.2 Å². The van der Waals surface area contributed by atoms with Crippen molar-refractivity contribution in [2.75, 3.05) is 63.8 Å². The van der Waals surface area contributed by atoms with Crippen molar-refractivity contribution < 1.29 is 4.79 Å². The minimum Gasteiger partial charge on any atom is -0.354 e. The predicted molar refractivity (Wildman–Crippen MR) is 105 cm³/mol. The largest absolute Gasteiger partial charge is 0.354 e. The zero-order valence-electron chi connectivity index (χ0n) is 16.0. The summed E-state index contributed by atoms with van der Waals surface area (Å²) < 4.78 is 0. The fraction of sp³-hybridized carbons (Fsp3) is 0.650. The molecule has 2 aliphatic rings. The van der Waals surface area contributed by atoms with E-state index >= 15 is 0 Å². The lowest BCUT2D eigenvalue weighted by Crippen LogP contribution is -2.50. The van der Waals surface area contributed by atoms with Crippen LogP contribution in [0.2, 0.25) is 0 Å². The van der Waals surface area contributed by atoms with Crippen LogP contribution in [0.4, 0.5) is 5.82 Å². The number of rotatable bonds is 7. The van der Waals surface area contributed by atoms with Crippen LogP contribution in [0.3, 0.4) is 0 Å². The Bertz CT molecular complexity index is 623. The topological polar surface area (TPSA) is 75.5 Å². The van der Waals surface area contributed by atoms with E-state index in [1.807, 2.05) is 18.3 Å². The van der Waals surface area contributed by atoms with Crippen LogP contribution in [0.1, 0.15) is 19.3 Å². The van der Waals surface area contributed by atoms with E-state index in [0.29, 0.717) is 25.4 Å². The maximum absolute atomic E-state index is 12.0. The maximum Gasteiger partial charge on any atom is 0.234 e. The molecule has 1 amide bonds. The van der Waals surface area contributed by atoms with Gasteiger partial charge in [0.1, 0.15) is 5.82 Å². The van der Waals surface area contributed by atoms with E-state index in [1.165, 1.54) is 6.42 Å². The van der Waals surface area contributed by atoms with Gasteiger partial charge >= 0.3 is 0 Å². The van der Waals surface area contributed by atoms with Gasteiger partial charge in [-0.2, -0.15) is 5.26 Å². The van der Waals surface area contributed by atoms with Crippen molar-refractivity contribution in [2.24, 2.45) is 5.92 Å². The van der Waals surface area contributed by atoms with Crippen LogP contribution >= 0.6 is 0 Å². The van der Waals surface area contributed by atoms with E-state index in [1.54, 1.807) is 0 Å². The van der Waals surface area contributed by atoms with Gasteiger partial charge in [0.05, 0.1) is 19.0 Å². The Morgan fingerprint density at radius 3 is 2.81 bits per heavy atom. The van der Waals surface area contributed by atoms with Crippen molar-refractivity contribution in [3.05, 3.63) is 24.4 Å². The van der Waals surface area contributed by atoms with Crippen LogP contribution in [-0.4, -0.2) is 79.6 Å². The second-order valence-electron chi connectivity index (χ2n) is 7.48. The number of nitrogens with zero attached hydrogens (tertiary/aromatic N) is 5. The number of nitrogens with one attached hydrogen (secondary N) is 1. The Morgan fingerprint density at radius 1 is 1.22 bits per heavy atom. The van der Waals surface area contributed by atoms with Crippen LogP contribution in [0, 0.1) is 17.2 Å². The van der Waals surface area contributed by atoms with Crippen molar-refractivity contribution in [3.8, 4) is 6.07 Å². The zero-order chi connectivity index (χ0) is 18.9. The summed E-state index contributed by atoms with van der Waals surface area (Å²) in [5, 5.41) is 11.4. The van der Waals surface area contributed by atoms with E-state index in [2.05, 4.69) is 37.1 Å². The quantitative estimate of drug-likeness (QED) is 0.720. The highest BCUT2D eigenvalue weighted by Crippen LogP contribution is 2.19. The molecule has 3 heterocycles. The highest BCUT2D eigenvalue weighted by Gasteiger charge is 2.25. The number of piperidine rings is 1. The molecule has 0 saturated carbocycles. The number of hydrogen-bond acceptors (Lipinski definition) is 6. The first-order valence-electron chi connectivity index (χ1n) is 9.99. The van der Waals surface area contributed by atoms with Crippen molar-refractivity contribution >= 4 is 11.7 Å². The molecular weight excluding hydrogens is 340 g/mol. The fourth-order valence-corrected chi connectivity index (χ4v) is 4.03. The number of pyridine rings is 1. The second-order valence-corrected chi connectivity index (χ2v) is 7.48. The number of piperazine rings is 1. The SMILES string of the molecule is N#CCCNC(=O)CN1CCC[C@H](CN2CCN(c3ccccn3)CC2)C1. The minimum absolute atomic E-state index is 0.0369. The molecule has 1 aromatic heterocycles. The van der Waals surface area contributed by atoms with Gasteiger partial charge in [0.2, 0.25) is 5.91 Å². The summed E-state index contributed by atoms with van der Waals surface area (Å²) in [5.74, 6) is 1.74. The third kappa shape index (κ3) is 6.19. The monoisotopic (exact) mass is 370 g/mol. The van der Waals surface area contributed by atoms with Gasteiger partial charge in [0.15, 0.2) is 0 Å². The molecule has 146 valence electrons. The summed E-state index contributed by atoms with van der Waals surface area (Å²) in [7, 11) is 0. The Labute approximate surface area is 161 Å². The van der Waals surface area contributed by atoms with Crippen LogP contribution in [-0.2, 0) is 4.79 Å². The molecule has 3 rings (SSSR count). The Morgan fingerprint density at radius 2 is 2.07 bits per heavy atom. The van der Waals surface area contributed by atoms with E-state index in [0.717, 1.165) is 58.1 Å². The summed E-state index contributed by atoms with van der Waals surface area (Å²) in [6, 6.07) is 8.13. The van der Waals surface area contributed by atoms with Crippen LogP contribution in [0.25, 0.3) is 0 Å². The normalized spacial score (nSPS) is 21.6. The molecule has 2 aliphatic heterocycles. The van der Waals surface area contributed by atoms with Crippen molar-refractivity contribution in [2.45, 2.75) is 19.3 Å². The molecule has 0 radical (unpaired) electrons. The molecule has 1 aromatic rings. The molecule has 2 fully saturated rings. The van der Waals surface area contributed by atoms with Gasteiger partial charge in [-0.25, -0.2) is 4.98 Å². The van der Waals surface area contributed by atoms with Crippen LogP contribution in [0.5, 0.6) is 0 Å². The lowest BCUT2D eigenvalue weighted by molar-refractivity contribution is -0.122. The lowest BCUT2D eigenvalue weighted by Gasteiger charge is -2.39. The summed E-state index contributed by atoms with van der Waals surface area (Å²) in [5.41, 5.74) is 0. The molecule has 0 bridgehead atoms. The van der Waals surface area contributed by atoms with Crippen molar-refractivity contribution in [1.29, 1.82) is 5.26 Å². The molecule has 0 spiro atoms. The van der Waals surface area contributed by atoms with Gasteiger partial charge in [-0.15, -0.1) is 0 Å². The average Bonchev–Trinajstić information content (AvgIpc) is 2.70. The molecule has 7 nitrogen and oxygen atoms in total. The van der Waals surface area contributed by atoms with Gasteiger partial charge in [-0.1, -0.05) is 6.07 Å². The van der Waals surface area contributed by atoms with E-state index < -0.39 is 0 Å². The van der Waals surface area contributed by atoms with Gasteiger partial charge in [0, 0.05) is 52.0 Å². The molecule has 1 N–H and O–H groups in total. The first-order valence-corrected chi connectivity index (χ1v) is 9.99. The number of carbonyl (C=O) groups excluding carboxylic acids is 1. The number of hydrogen-bond donors (Lipinski definition) is 1. The molecular formula is C20H30N6O. The highest BCUT2D eigenvalue weighted by atomic mass is 16.2. The third-order valence-electron chi connectivity index (χ3n) is 5.39. The standard InChI is InChI=1S/C20H30N6O/c21-7-4-9-23-20(27)17-25-10-3-5-18(16-25)15-24-11-13-26(14-12-24)19-6-1-2-8-22-19/h1-2,6,8,18H,3-5,9-17H2,(H,23,27)/t18-/m1/s1. The van der Waals surface area contributed by atoms with E-state index in [-0.39, 0.29) is 5.91 Å². The molecule has 1 atom stereocenters. The molecule has 0 unspecified atom stereocenters. The minimum atomic E-state index is 0.0369. The number of amides is 1. The Hall–Kier alpha value is -2.17. The lowest BCUT2D eigenvalue weighted by atomic mass is 9.97. The second kappa shape index (κ2) is 10.2. The third-order valence-corrected chi connectivity index (χ3v) is 5.39. The summed E-state index contributed by atoms with van der Waals surface area (Å²) in [4.78, 5) is 23.6. The fourth-order valence-electron chi connectivity index (χ4n) is 4.03. The number of nitriles is 1. The van der Waals surface area contributed by atoms with Crippen molar-refractivity contribution in [1.82, 2.24) is 20.1 Å². The molecule has 27 heavy (non-hydrogen) atoms. The van der Waals surface area contributed by atoms with E-state index in [9.17, 15) is 4.79 Å². The number of anilines is 1. The number of carbonyl (C=O) groups is 1. The molecule has 2 saturated heterocycles. The Kier molecular flexibility index (Phi) is 7.43. The highest BCUT2D eigenvalue weighted by molar-refractivity contribution is 5.78. The van der Waals surface area contributed by atoms with E-state index in [4.69, 9.17) is 5.26 Å². The van der Waals surface area contributed by atoms with Crippen molar-refractivity contribution in [3.63, 3.8) is 0 Å². The Balaban J connectivity index is 1.38. The first-order chi connectivity index (χ1) is 13.2. The van der Waals surface area contributed by atoms with Gasteiger partial charge in [-0.3, -0.25) is 14.6 Å². The molecule has 7 heteroatoms. The number of aromatic nitrogens is 1. The molecule has 0 aromatic carbocycles. The molecule has 0 aliphatic carbocycles. The van der Waals surface area contributed by atoms with Gasteiger partial charge in [-0.05, 0) is 37.4 Å². The maximum atomic E-state index is 12.0. The summed E-state index contributed by atoms with van der Waals surface area (Å²) in [6.07, 6.45) is 4.63. The van der Waals surface area contributed by atoms with Crippen LogP contribution in [0.15, 0.2) is 24.4 Å².